The van der Waals surface area contributed by atoms with Gasteiger partial charge < -0.3 is 19.9 Å². The van der Waals surface area contributed by atoms with Crippen LogP contribution in [0.15, 0.2) is 72.9 Å². The third-order valence-corrected chi connectivity index (χ3v) is 4.98. The highest BCUT2D eigenvalue weighted by Gasteiger charge is 2.18. The molecule has 29 heavy (non-hydrogen) atoms. The number of hydrogen-bond acceptors (Lipinski definition) is 5. The van der Waals surface area contributed by atoms with Crippen molar-refractivity contribution < 1.29 is 13.6 Å². The summed E-state index contributed by atoms with van der Waals surface area (Å²) in [4.78, 5) is 21.5. The van der Waals surface area contributed by atoms with E-state index in [-0.39, 0.29) is 11.7 Å². The molecule has 3 aromatic rings. The minimum absolute atomic E-state index is 0.189. The topological polar surface area (TPSA) is 57.7 Å². The number of benzene rings is 2. The summed E-state index contributed by atoms with van der Waals surface area (Å²) >= 11 is 0. The van der Waals surface area contributed by atoms with Gasteiger partial charge in [0.15, 0.2) is 0 Å². The second-order valence-corrected chi connectivity index (χ2v) is 6.79. The molecule has 6 nitrogen and oxygen atoms in total. The Morgan fingerprint density at radius 3 is 2.34 bits per heavy atom. The van der Waals surface area contributed by atoms with E-state index in [2.05, 4.69) is 20.1 Å². The average Bonchev–Trinajstić information content (AvgIpc) is 2.80. The number of pyridine rings is 1. The molecule has 1 fully saturated rings. The van der Waals surface area contributed by atoms with Gasteiger partial charge in [0.2, 0.25) is 0 Å². The van der Waals surface area contributed by atoms with Crippen LogP contribution in [-0.4, -0.2) is 44.1 Å². The lowest BCUT2D eigenvalue weighted by Crippen LogP contribution is -2.46. The zero-order valence-corrected chi connectivity index (χ0v) is 15.9. The van der Waals surface area contributed by atoms with Crippen molar-refractivity contribution in [3.05, 3.63) is 78.5 Å². The van der Waals surface area contributed by atoms with Crippen LogP contribution in [0.2, 0.25) is 0 Å². The molecular weight excluding hydrogens is 364 g/mol. The van der Waals surface area contributed by atoms with Crippen molar-refractivity contribution in [1.29, 1.82) is 0 Å². The van der Waals surface area contributed by atoms with Crippen molar-refractivity contribution in [1.82, 2.24) is 4.98 Å². The molecule has 1 aliphatic rings. The van der Waals surface area contributed by atoms with Crippen LogP contribution in [-0.2, 0) is 0 Å². The van der Waals surface area contributed by atoms with Crippen LogP contribution in [0.5, 0.6) is 5.75 Å². The number of hydrogen-bond donors (Lipinski definition) is 1. The lowest BCUT2D eigenvalue weighted by Gasteiger charge is -2.36. The van der Waals surface area contributed by atoms with Crippen LogP contribution in [0.25, 0.3) is 0 Å². The first-order chi connectivity index (χ1) is 15.4. The number of anilines is 3. The molecule has 6 heteroatoms. The van der Waals surface area contributed by atoms with E-state index in [0.29, 0.717) is 11.3 Å². The van der Waals surface area contributed by atoms with Gasteiger partial charge in [-0.25, -0.2) is 4.98 Å². The Hall–Kier alpha value is -3.54. The largest absolute Gasteiger partial charge is 0.497 e. The molecule has 1 aliphatic heterocycles. The lowest BCUT2D eigenvalue weighted by molar-refractivity contribution is 0.102. The van der Waals surface area contributed by atoms with Gasteiger partial charge in [-0.3, -0.25) is 4.79 Å². The molecule has 0 radical (unpaired) electrons. The van der Waals surface area contributed by atoms with Crippen LogP contribution in [0, 0.1) is 0 Å². The van der Waals surface area contributed by atoms with E-state index in [0.717, 1.165) is 37.7 Å². The molecule has 0 saturated carbocycles. The number of nitrogens with zero attached hydrogens (tertiary/aromatic N) is 3. The zero-order valence-electron chi connectivity index (χ0n) is 18.9. The molecule has 148 valence electrons. The number of carbonyl (C=O) groups excluding carboxylic acids is 1. The molecule has 1 aromatic heterocycles. The molecule has 1 amide bonds. The fourth-order valence-corrected chi connectivity index (χ4v) is 3.37. The van der Waals surface area contributed by atoms with Crippen LogP contribution in [0.1, 0.15) is 14.5 Å². The van der Waals surface area contributed by atoms with Crippen LogP contribution in [0.3, 0.4) is 0 Å². The van der Waals surface area contributed by atoms with Crippen molar-refractivity contribution in [2.45, 2.75) is 0 Å². The van der Waals surface area contributed by atoms with E-state index < -0.39 is 7.04 Å². The molecule has 0 unspecified atom stereocenters. The summed E-state index contributed by atoms with van der Waals surface area (Å²) in [6.07, 6.45) is 1.81. The summed E-state index contributed by atoms with van der Waals surface area (Å²) in [5.41, 5.74) is 2.21. The smallest absolute Gasteiger partial charge is 0.255 e. The number of aromatic nitrogens is 1. The van der Waals surface area contributed by atoms with Crippen molar-refractivity contribution in [3.63, 3.8) is 0 Å². The summed E-state index contributed by atoms with van der Waals surface area (Å²) in [6, 6.07) is 19.7. The van der Waals surface area contributed by atoms with Crippen LogP contribution >= 0.6 is 0 Å². The normalized spacial score (nSPS) is 15.8. The number of ether oxygens (including phenoxy) is 1. The summed E-state index contributed by atoms with van der Waals surface area (Å²) < 4.78 is 26.2. The molecule has 0 spiro atoms. The van der Waals surface area contributed by atoms with Gasteiger partial charge in [-0.15, -0.1) is 0 Å². The summed E-state index contributed by atoms with van der Waals surface area (Å²) in [5.74, 6) is 0.916. The maximum atomic E-state index is 12.5. The maximum Gasteiger partial charge on any atom is 0.255 e. The van der Waals surface area contributed by atoms with Crippen LogP contribution < -0.4 is 19.9 Å². The molecule has 1 saturated heterocycles. The van der Waals surface area contributed by atoms with Crippen molar-refractivity contribution in [2.75, 3.05) is 48.3 Å². The standard InChI is InChI=1S/C23H24N4O2/c1-29-21-11-5-18(6-12-21)23(28)25-19-7-9-20(10-8-19)26-14-16-27(17-15-26)22-4-2-3-13-24-22/h2-13H,14-17H2,1H3,(H,25,28)/i1T3. The van der Waals surface area contributed by atoms with Crippen molar-refractivity contribution in [2.24, 2.45) is 0 Å². The predicted molar refractivity (Wildman–Crippen MR) is 116 cm³/mol. The van der Waals surface area contributed by atoms with Gasteiger partial charge in [-0.1, -0.05) is 6.07 Å². The molecule has 0 bridgehead atoms. The number of nitrogens with one attached hydrogen (secondary N) is 1. The van der Waals surface area contributed by atoms with Gasteiger partial charge in [-0.2, -0.15) is 0 Å². The molecule has 4 rings (SSSR count). The van der Waals surface area contributed by atoms with E-state index in [1.165, 1.54) is 24.3 Å². The van der Waals surface area contributed by atoms with Gasteiger partial charge in [0.1, 0.15) is 11.6 Å². The van der Waals surface area contributed by atoms with Gasteiger partial charge >= 0.3 is 0 Å². The Morgan fingerprint density at radius 1 is 0.966 bits per heavy atom. The molecule has 0 aliphatic carbocycles. The van der Waals surface area contributed by atoms with Crippen molar-refractivity contribution in [3.8, 4) is 5.75 Å². The Kier molecular flexibility index (Phi) is 4.59. The fraction of sp³-hybridized carbons (Fsp3) is 0.217. The number of methoxy groups -OCH3 is 1. The second-order valence-electron chi connectivity index (χ2n) is 6.79. The summed E-state index contributed by atoms with van der Waals surface area (Å²) in [6.45, 7) is 3.59. The number of rotatable bonds is 5. The van der Waals surface area contributed by atoms with Gasteiger partial charge in [0, 0.05) is 49.3 Å². The summed E-state index contributed by atoms with van der Waals surface area (Å²) in [5, 5.41) is 2.86. The SMILES string of the molecule is [3H]C([3H])([3H])Oc1ccc(C(=O)Nc2ccc(N3CCN(c4ccccn4)CC3)cc2)cc1. The first-order valence-corrected chi connectivity index (χ1v) is 9.49. The lowest BCUT2D eigenvalue weighted by atomic mass is 10.2. The summed E-state index contributed by atoms with van der Waals surface area (Å²) in [7, 11) is -2.52. The maximum absolute atomic E-state index is 12.5. The van der Waals surface area contributed by atoms with E-state index >= 15 is 0 Å². The number of amides is 1. The molecule has 1 N–H and O–H groups in total. The third kappa shape index (κ3) is 4.48. The highest BCUT2D eigenvalue weighted by molar-refractivity contribution is 6.04. The fourth-order valence-electron chi connectivity index (χ4n) is 3.37. The Bertz CT molecular complexity index is 1030. The van der Waals surface area contributed by atoms with Gasteiger partial charge in [0.05, 0.1) is 11.2 Å². The van der Waals surface area contributed by atoms with Crippen LogP contribution in [0.4, 0.5) is 17.2 Å². The average molecular weight is 394 g/mol. The Balaban J connectivity index is 1.31. The minimum atomic E-state index is -2.52. The van der Waals surface area contributed by atoms with E-state index in [4.69, 9.17) is 8.85 Å². The van der Waals surface area contributed by atoms with E-state index in [1.54, 1.807) is 0 Å². The first kappa shape index (κ1) is 15.4. The highest BCUT2D eigenvalue weighted by atomic mass is 16.5. The van der Waals surface area contributed by atoms with E-state index in [9.17, 15) is 4.79 Å². The number of piperazine rings is 1. The monoisotopic (exact) mass is 394 g/mol. The number of carbonyl (C=O) groups is 1. The Morgan fingerprint density at radius 2 is 1.69 bits per heavy atom. The van der Waals surface area contributed by atoms with Crippen molar-refractivity contribution >= 4 is 23.1 Å². The Labute approximate surface area is 175 Å². The third-order valence-electron chi connectivity index (χ3n) is 4.98. The quantitative estimate of drug-likeness (QED) is 0.716. The molecule has 2 heterocycles. The molecule has 2 aromatic carbocycles. The minimum Gasteiger partial charge on any atom is -0.497 e. The molecular formula is C23H24N4O2. The highest BCUT2D eigenvalue weighted by Crippen LogP contribution is 2.22. The van der Waals surface area contributed by atoms with Gasteiger partial charge in [0.25, 0.3) is 5.91 Å². The second kappa shape index (κ2) is 8.65. The van der Waals surface area contributed by atoms with Gasteiger partial charge in [-0.05, 0) is 60.7 Å². The first-order valence-electron chi connectivity index (χ1n) is 11.0. The zero-order chi connectivity index (χ0) is 22.6. The predicted octanol–water partition coefficient (Wildman–Crippen LogP) is 3.67. The van der Waals surface area contributed by atoms with E-state index in [1.807, 2.05) is 48.7 Å². The molecule has 0 atom stereocenters.